The van der Waals surface area contributed by atoms with Crippen LogP contribution in [0.4, 0.5) is 8.78 Å². The topological polar surface area (TPSA) is 29.3 Å². The minimum atomic E-state index is -2.44. The number of nitrogens with zero attached hydrogens (tertiary/aromatic N) is 1. The van der Waals surface area contributed by atoms with Crippen LogP contribution in [0.1, 0.15) is 12.8 Å². The van der Waals surface area contributed by atoms with E-state index >= 15 is 0 Å². The molecule has 1 aliphatic carbocycles. The lowest BCUT2D eigenvalue weighted by molar-refractivity contribution is -0.119. The predicted octanol–water partition coefficient (Wildman–Crippen LogP) is 1.17. The summed E-state index contributed by atoms with van der Waals surface area (Å²) >= 11 is 0. The highest BCUT2D eigenvalue weighted by Gasteiger charge is 2.49. The molecule has 2 bridgehead atoms. The van der Waals surface area contributed by atoms with Crippen LogP contribution >= 0.6 is 0 Å². The van der Waals surface area contributed by atoms with E-state index in [1.54, 1.807) is 0 Å². The molecular formula is C10H18F2N2. The second kappa shape index (κ2) is 3.42. The lowest BCUT2D eigenvalue weighted by Gasteiger charge is -2.48. The van der Waals surface area contributed by atoms with Crippen molar-refractivity contribution in [3.63, 3.8) is 0 Å². The number of piperidine rings is 1. The number of halogens is 2. The van der Waals surface area contributed by atoms with Crippen LogP contribution < -0.4 is 5.73 Å². The summed E-state index contributed by atoms with van der Waals surface area (Å²) in [6.07, 6.45) is 0.0748. The van der Waals surface area contributed by atoms with Crippen molar-refractivity contribution < 1.29 is 8.78 Å². The third-order valence-corrected chi connectivity index (χ3v) is 3.70. The van der Waals surface area contributed by atoms with Crippen molar-refractivity contribution in [2.45, 2.75) is 18.8 Å². The third-order valence-electron chi connectivity index (χ3n) is 3.70. The van der Waals surface area contributed by atoms with E-state index in [1.165, 1.54) is 0 Å². The van der Waals surface area contributed by atoms with E-state index in [4.69, 9.17) is 5.73 Å². The van der Waals surface area contributed by atoms with Gasteiger partial charge in [0.1, 0.15) is 0 Å². The van der Waals surface area contributed by atoms with Crippen LogP contribution in [-0.4, -0.2) is 37.5 Å². The van der Waals surface area contributed by atoms with E-state index in [0.29, 0.717) is 12.5 Å². The molecule has 2 N–H and O–H groups in total. The highest BCUT2D eigenvalue weighted by molar-refractivity contribution is 4.95. The first kappa shape index (κ1) is 10.3. The fourth-order valence-corrected chi connectivity index (χ4v) is 3.20. The molecule has 2 aliphatic rings. The van der Waals surface area contributed by atoms with Gasteiger partial charge in [-0.05, 0) is 31.3 Å². The lowest BCUT2D eigenvalue weighted by Crippen LogP contribution is -2.53. The third kappa shape index (κ3) is 1.77. The molecular weight excluding hydrogens is 186 g/mol. The van der Waals surface area contributed by atoms with E-state index in [-0.39, 0.29) is 24.7 Å². The van der Waals surface area contributed by atoms with Crippen LogP contribution in [0.3, 0.4) is 0 Å². The molecule has 2 atom stereocenters. The zero-order chi connectivity index (χ0) is 10.3. The Morgan fingerprint density at radius 1 is 1.29 bits per heavy atom. The highest BCUT2D eigenvalue weighted by Crippen LogP contribution is 2.46. The summed E-state index contributed by atoms with van der Waals surface area (Å²) in [5, 5.41) is 0. The number of hydrogen-bond donors (Lipinski definition) is 1. The quantitative estimate of drug-likeness (QED) is 0.694. The molecule has 2 unspecified atom stereocenters. The normalized spacial score (nSPS) is 42.4. The van der Waals surface area contributed by atoms with Crippen LogP contribution in [0.15, 0.2) is 0 Å². The molecule has 0 aromatic rings. The molecule has 2 fully saturated rings. The van der Waals surface area contributed by atoms with Crippen LogP contribution in [0.5, 0.6) is 0 Å². The molecule has 0 aromatic heterocycles. The molecule has 14 heavy (non-hydrogen) atoms. The van der Waals surface area contributed by atoms with Crippen LogP contribution in [0.25, 0.3) is 0 Å². The SMILES string of the molecule is CN1CC2CC(F)(F)CC(C1)C2CN. The second-order valence-corrected chi connectivity index (χ2v) is 4.91. The lowest BCUT2D eigenvalue weighted by atomic mass is 9.67. The number of rotatable bonds is 1. The van der Waals surface area contributed by atoms with E-state index in [1.807, 2.05) is 7.05 Å². The molecule has 1 aliphatic heterocycles. The monoisotopic (exact) mass is 204 g/mol. The van der Waals surface area contributed by atoms with Gasteiger partial charge in [-0.1, -0.05) is 0 Å². The van der Waals surface area contributed by atoms with Gasteiger partial charge in [0.2, 0.25) is 5.92 Å². The van der Waals surface area contributed by atoms with Gasteiger partial charge < -0.3 is 10.6 Å². The van der Waals surface area contributed by atoms with E-state index in [0.717, 1.165) is 13.1 Å². The molecule has 0 amide bonds. The Kier molecular flexibility index (Phi) is 2.52. The van der Waals surface area contributed by atoms with Gasteiger partial charge in [0.25, 0.3) is 0 Å². The fraction of sp³-hybridized carbons (Fsp3) is 1.00. The van der Waals surface area contributed by atoms with Gasteiger partial charge in [-0.3, -0.25) is 0 Å². The minimum absolute atomic E-state index is 0.0374. The van der Waals surface area contributed by atoms with Crippen molar-refractivity contribution in [1.82, 2.24) is 4.90 Å². The van der Waals surface area contributed by atoms with Gasteiger partial charge >= 0.3 is 0 Å². The molecule has 2 rings (SSSR count). The molecule has 0 radical (unpaired) electrons. The zero-order valence-corrected chi connectivity index (χ0v) is 8.55. The molecule has 1 heterocycles. The average Bonchev–Trinajstić information content (AvgIpc) is 1.99. The zero-order valence-electron chi connectivity index (χ0n) is 8.55. The largest absolute Gasteiger partial charge is 0.330 e. The summed E-state index contributed by atoms with van der Waals surface area (Å²) in [5.74, 6) is -1.91. The van der Waals surface area contributed by atoms with Crippen molar-refractivity contribution in [1.29, 1.82) is 0 Å². The van der Waals surface area contributed by atoms with Crippen molar-refractivity contribution in [2.24, 2.45) is 23.5 Å². The number of alkyl halides is 2. The van der Waals surface area contributed by atoms with Gasteiger partial charge in [-0.2, -0.15) is 0 Å². The Morgan fingerprint density at radius 2 is 1.79 bits per heavy atom. The number of nitrogens with two attached hydrogens (primary N) is 1. The first-order valence-electron chi connectivity index (χ1n) is 5.28. The maximum atomic E-state index is 13.3. The first-order valence-corrected chi connectivity index (χ1v) is 5.28. The predicted molar refractivity (Wildman–Crippen MR) is 51.2 cm³/mol. The van der Waals surface area contributed by atoms with Gasteiger partial charge in [0, 0.05) is 25.9 Å². The summed E-state index contributed by atoms with van der Waals surface area (Å²) < 4.78 is 26.6. The summed E-state index contributed by atoms with van der Waals surface area (Å²) in [5.41, 5.74) is 5.66. The van der Waals surface area contributed by atoms with E-state index in [2.05, 4.69) is 4.90 Å². The van der Waals surface area contributed by atoms with Crippen molar-refractivity contribution in [3.8, 4) is 0 Å². The van der Waals surface area contributed by atoms with Crippen LogP contribution in [-0.2, 0) is 0 Å². The second-order valence-electron chi connectivity index (χ2n) is 4.91. The average molecular weight is 204 g/mol. The molecule has 0 aromatic carbocycles. The highest BCUT2D eigenvalue weighted by atomic mass is 19.3. The van der Waals surface area contributed by atoms with Crippen LogP contribution in [0, 0.1) is 17.8 Å². The summed E-state index contributed by atoms with van der Waals surface area (Å²) in [6, 6.07) is 0. The number of likely N-dealkylation sites (tertiary alicyclic amines) is 1. The Morgan fingerprint density at radius 3 is 2.21 bits per heavy atom. The Labute approximate surface area is 83.4 Å². The smallest absolute Gasteiger partial charge is 0.248 e. The maximum absolute atomic E-state index is 13.3. The molecule has 1 saturated heterocycles. The number of fused-ring (bicyclic) bond motifs is 2. The van der Waals surface area contributed by atoms with Crippen molar-refractivity contribution in [2.75, 3.05) is 26.7 Å². The number of hydrogen-bond acceptors (Lipinski definition) is 2. The minimum Gasteiger partial charge on any atom is -0.330 e. The molecule has 82 valence electrons. The Balaban J connectivity index is 2.14. The molecule has 1 saturated carbocycles. The summed E-state index contributed by atoms with van der Waals surface area (Å²) in [7, 11) is 2.01. The van der Waals surface area contributed by atoms with Gasteiger partial charge in [0.05, 0.1) is 0 Å². The maximum Gasteiger partial charge on any atom is 0.248 e. The Bertz CT molecular complexity index is 202. The fourth-order valence-electron chi connectivity index (χ4n) is 3.20. The standard InChI is InChI=1S/C10H18F2N2/c1-14-5-7-2-10(11,12)3-8(6-14)9(7)4-13/h7-9H,2-6,13H2,1H3. The van der Waals surface area contributed by atoms with Crippen molar-refractivity contribution >= 4 is 0 Å². The Hall–Kier alpha value is -0.220. The van der Waals surface area contributed by atoms with Crippen LogP contribution in [0.2, 0.25) is 0 Å². The van der Waals surface area contributed by atoms with Gasteiger partial charge in [-0.25, -0.2) is 8.78 Å². The first-order chi connectivity index (χ1) is 6.52. The van der Waals surface area contributed by atoms with E-state index < -0.39 is 5.92 Å². The summed E-state index contributed by atoms with van der Waals surface area (Å²) in [4.78, 5) is 2.16. The molecule has 0 spiro atoms. The van der Waals surface area contributed by atoms with E-state index in [9.17, 15) is 8.78 Å². The van der Waals surface area contributed by atoms with Crippen molar-refractivity contribution in [3.05, 3.63) is 0 Å². The molecule has 2 nitrogen and oxygen atoms in total. The van der Waals surface area contributed by atoms with Gasteiger partial charge in [-0.15, -0.1) is 0 Å². The molecule has 4 heteroatoms. The summed E-state index contributed by atoms with van der Waals surface area (Å²) in [6.45, 7) is 2.14. The van der Waals surface area contributed by atoms with Gasteiger partial charge in [0.15, 0.2) is 0 Å².